The average Bonchev–Trinajstić information content (AvgIpc) is 3.20. The Balaban J connectivity index is 1.24. The first-order valence-electron chi connectivity index (χ1n) is 10.2. The number of hydrogen-bond donors (Lipinski definition) is 2. The highest BCUT2D eigenvalue weighted by atomic mass is 16.7. The average molecular weight is 388 g/mol. The van der Waals surface area contributed by atoms with Crippen LogP contribution in [0.3, 0.4) is 0 Å². The number of amides is 1. The standard InChI is InChI=1S/C21H28N2O5/c24-17(16-2-4-18-19(13-16)28-14-27-18)3-1-15-5-11-23(12-6-15)20(25)21(26)7-9-22-10-8-21/h2,4,13,15,22,26H,1,3,5-12,14H2. The number of aliphatic hydroxyl groups is 1. The van der Waals surface area contributed by atoms with Gasteiger partial charge in [0, 0.05) is 25.1 Å². The van der Waals surface area contributed by atoms with Crippen molar-refractivity contribution in [3.05, 3.63) is 23.8 Å². The summed E-state index contributed by atoms with van der Waals surface area (Å²) in [6.07, 6.45) is 4.05. The second-order valence-electron chi connectivity index (χ2n) is 8.05. The first kappa shape index (κ1) is 19.2. The molecule has 0 bridgehead atoms. The number of nitrogens with one attached hydrogen (secondary N) is 1. The Morgan fingerprint density at radius 1 is 1.14 bits per heavy atom. The first-order chi connectivity index (χ1) is 13.5. The molecule has 0 spiro atoms. The second-order valence-corrected chi connectivity index (χ2v) is 8.05. The molecule has 3 aliphatic heterocycles. The van der Waals surface area contributed by atoms with Crippen molar-refractivity contribution in [3.8, 4) is 11.5 Å². The third-order valence-electron chi connectivity index (χ3n) is 6.20. The SMILES string of the molecule is O=C(CCC1CCN(C(=O)C2(O)CCNCC2)CC1)c1ccc2c(c1)OCO2. The summed E-state index contributed by atoms with van der Waals surface area (Å²) in [6.45, 7) is 2.90. The summed E-state index contributed by atoms with van der Waals surface area (Å²) >= 11 is 0. The zero-order valence-corrected chi connectivity index (χ0v) is 16.1. The molecule has 28 heavy (non-hydrogen) atoms. The molecule has 2 N–H and O–H groups in total. The van der Waals surface area contributed by atoms with Crippen molar-refractivity contribution in [3.63, 3.8) is 0 Å². The van der Waals surface area contributed by atoms with Crippen molar-refractivity contribution < 1.29 is 24.2 Å². The Bertz CT molecular complexity index is 736. The maximum absolute atomic E-state index is 12.7. The number of rotatable bonds is 5. The Morgan fingerprint density at radius 3 is 2.61 bits per heavy atom. The van der Waals surface area contributed by atoms with Gasteiger partial charge in [-0.2, -0.15) is 0 Å². The molecule has 7 heteroatoms. The predicted octanol–water partition coefficient (Wildman–Crippen LogP) is 1.73. The van der Waals surface area contributed by atoms with Crippen LogP contribution in [0.5, 0.6) is 11.5 Å². The van der Waals surface area contributed by atoms with Gasteiger partial charge in [-0.05, 0) is 69.3 Å². The number of nitrogens with zero attached hydrogens (tertiary/aromatic N) is 1. The molecule has 1 aromatic rings. The van der Waals surface area contributed by atoms with Gasteiger partial charge in [-0.3, -0.25) is 9.59 Å². The van der Waals surface area contributed by atoms with Crippen molar-refractivity contribution in [2.45, 2.75) is 44.1 Å². The summed E-state index contributed by atoms with van der Waals surface area (Å²) in [5.41, 5.74) is -0.544. The van der Waals surface area contributed by atoms with E-state index in [1.807, 2.05) is 4.90 Å². The fraction of sp³-hybridized carbons (Fsp3) is 0.619. The van der Waals surface area contributed by atoms with Crippen LogP contribution < -0.4 is 14.8 Å². The predicted molar refractivity (Wildman–Crippen MR) is 102 cm³/mol. The number of ketones is 1. The van der Waals surface area contributed by atoms with Gasteiger partial charge in [0.2, 0.25) is 6.79 Å². The normalized spacial score (nSPS) is 21.5. The van der Waals surface area contributed by atoms with E-state index in [0.717, 1.165) is 19.3 Å². The molecule has 1 aromatic carbocycles. The number of carbonyl (C=O) groups excluding carboxylic acids is 2. The van der Waals surface area contributed by atoms with Crippen LogP contribution in [0.1, 0.15) is 48.9 Å². The van der Waals surface area contributed by atoms with Gasteiger partial charge in [0.15, 0.2) is 17.3 Å². The minimum Gasteiger partial charge on any atom is -0.454 e. The Morgan fingerprint density at radius 2 is 1.86 bits per heavy atom. The van der Waals surface area contributed by atoms with Crippen molar-refractivity contribution in [2.75, 3.05) is 33.0 Å². The lowest BCUT2D eigenvalue weighted by molar-refractivity contribution is -0.155. The third-order valence-corrected chi connectivity index (χ3v) is 6.20. The highest BCUT2D eigenvalue weighted by Crippen LogP contribution is 2.33. The van der Waals surface area contributed by atoms with Crippen molar-refractivity contribution in [1.82, 2.24) is 10.2 Å². The maximum Gasteiger partial charge on any atom is 0.254 e. The molecule has 152 valence electrons. The third kappa shape index (κ3) is 4.00. The number of carbonyl (C=O) groups is 2. The van der Waals surface area contributed by atoms with Gasteiger partial charge in [-0.1, -0.05) is 0 Å². The summed E-state index contributed by atoms with van der Waals surface area (Å²) < 4.78 is 10.6. The van der Waals surface area contributed by atoms with Gasteiger partial charge in [0.1, 0.15) is 5.60 Å². The highest BCUT2D eigenvalue weighted by molar-refractivity contribution is 5.96. The molecule has 2 saturated heterocycles. The lowest BCUT2D eigenvalue weighted by Gasteiger charge is -2.39. The summed E-state index contributed by atoms with van der Waals surface area (Å²) in [4.78, 5) is 27.0. The zero-order chi connectivity index (χ0) is 19.6. The molecule has 0 aromatic heterocycles. The van der Waals surface area contributed by atoms with Crippen molar-refractivity contribution in [1.29, 1.82) is 0 Å². The van der Waals surface area contributed by atoms with Gasteiger partial charge < -0.3 is 24.8 Å². The summed E-state index contributed by atoms with van der Waals surface area (Å²) in [7, 11) is 0. The van der Waals surface area contributed by atoms with Crippen LogP contribution in [0, 0.1) is 5.92 Å². The number of fused-ring (bicyclic) bond motifs is 1. The van der Waals surface area contributed by atoms with E-state index >= 15 is 0 Å². The summed E-state index contributed by atoms with van der Waals surface area (Å²) in [5.74, 6) is 1.74. The molecule has 0 unspecified atom stereocenters. The van der Waals surface area contributed by atoms with Gasteiger partial charge in [-0.15, -0.1) is 0 Å². The number of hydrogen-bond acceptors (Lipinski definition) is 6. The number of benzene rings is 1. The minimum absolute atomic E-state index is 0.112. The first-order valence-corrected chi connectivity index (χ1v) is 10.2. The Hall–Kier alpha value is -2.12. The second kappa shape index (κ2) is 8.09. The van der Waals surface area contributed by atoms with E-state index in [0.29, 0.717) is 68.4 Å². The Labute approximate surface area is 165 Å². The van der Waals surface area contributed by atoms with Crippen LogP contribution >= 0.6 is 0 Å². The van der Waals surface area contributed by atoms with Crippen molar-refractivity contribution in [2.24, 2.45) is 5.92 Å². The van der Waals surface area contributed by atoms with E-state index < -0.39 is 5.60 Å². The van der Waals surface area contributed by atoms with Gasteiger partial charge in [0.25, 0.3) is 5.91 Å². The van der Waals surface area contributed by atoms with Gasteiger partial charge >= 0.3 is 0 Å². The Kier molecular flexibility index (Phi) is 5.55. The monoisotopic (exact) mass is 388 g/mol. The van der Waals surface area contributed by atoms with Crippen molar-refractivity contribution >= 4 is 11.7 Å². The fourth-order valence-corrected chi connectivity index (χ4v) is 4.32. The van der Waals surface area contributed by atoms with E-state index in [1.165, 1.54) is 0 Å². The summed E-state index contributed by atoms with van der Waals surface area (Å²) in [5, 5.41) is 13.8. The van der Waals surface area contributed by atoms with E-state index in [1.54, 1.807) is 18.2 Å². The molecule has 1 amide bonds. The largest absolute Gasteiger partial charge is 0.454 e. The molecule has 4 rings (SSSR count). The highest BCUT2D eigenvalue weighted by Gasteiger charge is 2.40. The molecule has 7 nitrogen and oxygen atoms in total. The molecular weight excluding hydrogens is 360 g/mol. The van der Waals surface area contributed by atoms with Crippen LogP contribution in [0.25, 0.3) is 0 Å². The molecule has 3 aliphatic rings. The van der Waals surface area contributed by atoms with E-state index in [9.17, 15) is 14.7 Å². The number of piperidine rings is 2. The molecule has 2 fully saturated rings. The molecule has 0 aliphatic carbocycles. The number of ether oxygens (including phenoxy) is 2. The van der Waals surface area contributed by atoms with Crippen LogP contribution in [0.2, 0.25) is 0 Å². The smallest absolute Gasteiger partial charge is 0.254 e. The quantitative estimate of drug-likeness (QED) is 0.747. The number of likely N-dealkylation sites (tertiary alicyclic amines) is 1. The van der Waals surface area contributed by atoms with Gasteiger partial charge in [-0.25, -0.2) is 0 Å². The van der Waals surface area contributed by atoms with E-state index in [4.69, 9.17) is 9.47 Å². The lowest BCUT2D eigenvalue weighted by atomic mass is 9.87. The van der Waals surface area contributed by atoms with Crippen LogP contribution in [0.15, 0.2) is 18.2 Å². The van der Waals surface area contributed by atoms with Crippen LogP contribution in [-0.4, -0.2) is 60.3 Å². The van der Waals surface area contributed by atoms with Crippen LogP contribution in [0.4, 0.5) is 0 Å². The van der Waals surface area contributed by atoms with E-state index in [2.05, 4.69) is 5.32 Å². The zero-order valence-electron chi connectivity index (χ0n) is 16.1. The molecule has 0 radical (unpaired) electrons. The molecule has 0 saturated carbocycles. The molecule has 0 atom stereocenters. The van der Waals surface area contributed by atoms with Crippen LogP contribution in [-0.2, 0) is 4.79 Å². The number of Topliss-reactive ketones (excluding diaryl/α,β-unsaturated/α-hetero) is 1. The van der Waals surface area contributed by atoms with Gasteiger partial charge in [0.05, 0.1) is 0 Å². The minimum atomic E-state index is -1.20. The topological polar surface area (TPSA) is 88.1 Å². The summed E-state index contributed by atoms with van der Waals surface area (Å²) in [6, 6.07) is 5.33. The molecular formula is C21H28N2O5. The van der Waals surface area contributed by atoms with E-state index in [-0.39, 0.29) is 18.5 Å². The maximum atomic E-state index is 12.7. The lowest BCUT2D eigenvalue weighted by Crippen LogP contribution is -2.55. The molecule has 3 heterocycles. The fourth-order valence-electron chi connectivity index (χ4n) is 4.32.